The number of hydrogen-bond acceptors (Lipinski definition) is 6. The van der Waals surface area contributed by atoms with Crippen LogP contribution in [0.1, 0.15) is 51.2 Å². The molecular formula is C19H26N2O5S. The molecule has 2 saturated heterocycles. The van der Waals surface area contributed by atoms with Crippen molar-refractivity contribution in [1.29, 1.82) is 0 Å². The summed E-state index contributed by atoms with van der Waals surface area (Å²) in [6, 6.07) is 3.12. The van der Waals surface area contributed by atoms with Crippen LogP contribution in [-0.2, 0) is 19.1 Å². The fourth-order valence-electron chi connectivity index (χ4n) is 3.94. The van der Waals surface area contributed by atoms with Crippen LogP contribution in [0.15, 0.2) is 22.8 Å². The summed E-state index contributed by atoms with van der Waals surface area (Å²) in [5.74, 6) is 0.0858. The minimum atomic E-state index is -0.716. The van der Waals surface area contributed by atoms with Crippen LogP contribution in [0.25, 0.3) is 0 Å². The first kappa shape index (κ1) is 19.8. The lowest BCUT2D eigenvalue weighted by molar-refractivity contribution is -0.160. The van der Waals surface area contributed by atoms with E-state index in [4.69, 9.17) is 9.15 Å². The smallest absolute Gasteiger partial charge is 0.330 e. The number of nitrogens with zero attached hydrogens (tertiary/aromatic N) is 2. The van der Waals surface area contributed by atoms with E-state index >= 15 is 0 Å². The van der Waals surface area contributed by atoms with E-state index < -0.39 is 12.0 Å². The van der Waals surface area contributed by atoms with E-state index in [2.05, 4.69) is 0 Å². The highest BCUT2D eigenvalue weighted by molar-refractivity contribution is 7.99. The first-order valence-electron chi connectivity index (χ1n) is 9.32. The quantitative estimate of drug-likeness (QED) is 0.730. The van der Waals surface area contributed by atoms with Crippen LogP contribution in [0.2, 0.25) is 0 Å². The Hall–Kier alpha value is -1.96. The van der Waals surface area contributed by atoms with E-state index in [-0.39, 0.29) is 35.9 Å². The second kappa shape index (κ2) is 8.37. The molecule has 0 spiro atoms. The molecule has 3 heterocycles. The Balaban J connectivity index is 1.62. The molecule has 148 valence electrons. The van der Waals surface area contributed by atoms with Crippen molar-refractivity contribution in [2.24, 2.45) is 0 Å². The summed E-state index contributed by atoms with van der Waals surface area (Å²) in [5.41, 5.74) is 0. The first-order chi connectivity index (χ1) is 12.9. The maximum Gasteiger partial charge on any atom is 0.330 e. The normalized spacial score (nSPS) is 28.3. The predicted molar refractivity (Wildman–Crippen MR) is 101 cm³/mol. The van der Waals surface area contributed by atoms with Crippen LogP contribution in [0.3, 0.4) is 0 Å². The summed E-state index contributed by atoms with van der Waals surface area (Å²) in [5, 5.41) is -0.354. The zero-order valence-corrected chi connectivity index (χ0v) is 16.7. The second-order valence-electron chi connectivity index (χ2n) is 7.18. The number of carbonyl (C=O) groups excluding carboxylic acids is 3. The number of amides is 2. The van der Waals surface area contributed by atoms with Crippen LogP contribution in [0, 0.1) is 0 Å². The third-order valence-corrected chi connectivity index (χ3v) is 6.53. The number of carbonyl (C=O) groups is 3. The van der Waals surface area contributed by atoms with Crippen LogP contribution in [0.4, 0.5) is 0 Å². The van der Waals surface area contributed by atoms with Gasteiger partial charge in [0.05, 0.1) is 6.26 Å². The van der Waals surface area contributed by atoms with Crippen molar-refractivity contribution in [1.82, 2.24) is 9.80 Å². The molecule has 27 heavy (non-hydrogen) atoms. The Kier molecular flexibility index (Phi) is 6.14. The maximum atomic E-state index is 12.6. The molecule has 3 rings (SSSR count). The molecule has 0 N–H and O–H groups in total. The fraction of sp³-hybridized carbons (Fsp3) is 0.632. The number of thioether (sulfide) groups is 1. The Morgan fingerprint density at radius 2 is 1.93 bits per heavy atom. The van der Waals surface area contributed by atoms with Crippen LogP contribution < -0.4 is 0 Å². The molecule has 0 aliphatic carbocycles. The Morgan fingerprint density at radius 3 is 2.52 bits per heavy atom. The summed E-state index contributed by atoms with van der Waals surface area (Å²) in [6.07, 6.45) is 4.57. The number of hydrogen-bond donors (Lipinski definition) is 0. The van der Waals surface area contributed by atoms with E-state index in [1.807, 2.05) is 18.7 Å². The third kappa shape index (κ3) is 4.15. The summed E-state index contributed by atoms with van der Waals surface area (Å²) in [6.45, 7) is 5.18. The van der Waals surface area contributed by atoms with E-state index in [1.54, 1.807) is 18.4 Å². The number of rotatable bonds is 4. The highest BCUT2D eigenvalue weighted by atomic mass is 32.2. The highest BCUT2D eigenvalue weighted by Gasteiger charge is 2.43. The number of likely N-dealkylation sites (tertiary alicyclic amines) is 1. The van der Waals surface area contributed by atoms with Gasteiger partial charge in [-0.15, -0.1) is 11.8 Å². The largest absolute Gasteiger partial charge is 0.466 e. The van der Waals surface area contributed by atoms with Crippen molar-refractivity contribution >= 4 is 29.5 Å². The van der Waals surface area contributed by atoms with Gasteiger partial charge in [-0.3, -0.25) is 9.59 Å². The molecule has 4 atom stereocenters. The van der Waals surface area contributed by atoms with Gasteiger partial charge in [-0.1, -0.05) is 0 Å². The summed E-state index contributed by atoms with van der Waals surface area (Å²) >= 11 is 1.45. The van der Waals surface area contributed by atoms with Crippen molar-refractivity contribution in [3.05, 3.63) is 24.2 Å². The lowest BCUT2D eigenvalue weighted by atomic mass is 9.97. The summed E-state index contributed by atoms with van der Waals surface area (Å²) in [4.78, 5) is 40.6. The molecule has 2 aliphatic heterocycles. The van der Waals surface area contributed by atoms with Crippen molar-refractivity contribution in [3.8, 4) is 0 Å². The minimum Gasteiger partial charge on any atom is -0.466 e. The number of piperidine rings is 1. The van der Waals surface area contributed by atoms with E-state index in [0.717, 1.165) is 19.3 Å². The standard InChI is InChI=1S/C19H26N2O5S/c1-12-6-4-7-13(2)20(12)17(23)10-26-19(24)15-11-27-18(21(15)14(3)22)16-8-5-9-25-16/h5,8-9,12-13,15,18H,4,6-7,10-11H2,1-3H3/t12-,13-,15-,18+/m0/s1. The molecule has 2 aliphatic rings. The SMILES string of the molecule is CC(=O)N1[C@@H](c2ccco2)SC[C@H]1C(=O)OCC(=O)N1[C@@H](C)CCC[C@@H]1C. The molecule has 0 bridgehead atoms. The van der Waals surface area contributed by atoms with Gasteiger partial charge in [0.25, 0.3) is 5.91 Å². The topological polar surface area (TPSA) is 80.1 Å². The molecule has 1 aromatic rings. The predicted octanol–water partition coefficient (Wildman–Crippen LogP) is 2.57. The van der Waals surface area contributed by atoms with Crippen LogP contribution in [0.5, 0.6) is 0 Å². The maximum absolute atomic E-state index is 12.6. The zero-order chi connectivity index (χ0) is 19.6. The van der Waals surface area contributed by atoms with Gasteiger partial charge in [-0.2, -0.15) is 0 Å². The summed E-state index contributed by atoms with van der Waals surface area (Å²) < 4.78 is 10.7. The average molecular weight is 394 g/mol. The van der Waals surface area contributed by atoms with E-state index in [9.17, 15) is 14.4 Å². The second-order valence-corrected chi connectivity index (χ2v) is 8.29. The van der Waals surface area contributed by atoms with Gasteiger partial charge < -0.3 is 19.0 Å². The van der Waals surface area contributed by atoms with Crippen LogP contribution in [-0.4, -0.2) is 58.1 Å². The molecule has 0 unspecified atom stereocenters. The van der Waals surface area contributed by atoms with Gasteiger partial charge >= 0.3 is 5.97 Å². The van der Waals surface area contributed by atoms with Gasteiger partial charge in [0.1, 0.15) is 17.2 Å². The van der Waals surface area contributed by atoms with Crippen molar-refractivity contribution < 1.29 is 23.5 Å². The fourth-order valence-corrected chi connectivity index (χ4v) is 5.36. The molecule has 0 aromatic carbocycles. The van der Waals surface area contributed by atoms with Gasteiger partial charge in [-0.05, 0) is 45.2 Å². The number of esters is 1. The summed E-state index contributed by atoms with van der Waals surface area (Å²) in [7, 11) is 0. The Morgan fingerprint density at radius 1 is 1.22 bits per heavy atom. The van der Waals surface area contributed by atoms with E-state index in [1.165, 1.54) is 23.6 Å². The molecule has 2 amide bonds. The lowest BCUT2D eigenvalue weighted by Gasteiger charge is -2.39. The molecule has 0 radical (unpaired) electrons. The first-order valence-corrected chi connectivity index (χ1v) is 10.4. The van der Waals surface area contributed by atoms with Crippen LogP contribution >= 0.6 is 11.8 Å². The Labute approximate surface area is 163 Å². The molecule has 8 heteroatoms. The van der Waals surface area contributed by atoms with Crippen molar-refractivity contribution in [3.63, 3.8) is 0 Å². The number of ether oxygens (including phenoxy) is 1. The third-order valence-electron chi connectivity index (χ3n) is 5.24. The van der Waals surface area contributed by atoms with Gasteiger partial charge in [-0.25, -0.2) is 4.79 Å². The van der Waals surface area contributed by atoms with Crippen molar-refractivity contribution in [2.45, 2.75) is 63.5 Å². The monoisotopic (exact) mass is 394 g/mol. The van der Waals surface area contributed by atoms with Gasteiger partial charge in [0.15, 0.2) is 6.61 Å². The molecule has 1 aromatic heterocycles. The average Bonchev–Trinajstić information content (AvgIpc) is 3.28. The number of furan rings is 1. The minimum absolute atomic E-state index is 0.152. The highest BCUT2D eigenvalue weighted by Crippen LogP contribution is 2.41. The molecular weight excluding hydrogens is 368 g/mol. The lowest BCUT2D eigenvalue weighted by Crippen LogP contribution is -2.50. The Bertz CT molecular complexity index is 682. The molecule has 2 fully saturated rings. The molecule has 7 nitrogen and oxygen atoms in total. The van der Waals surface area contributed by atoms with Gasteiger partial charge in [0.2, 0.25) is 5.91 Å². The van der Waals surface area contributed by atoms with E-state index in [0.29, 0.717) is 11.5 Å². The zero-order valence-electron chi connectivity index (χ0n) is 15.9. The molecule has 0 saturated carbocycles. The van der Waals surface area contributed by atoms with Crippen molar-refractivity contribution in [2.75, 3.05) is 12.4 Å². The van der Waals surface area contributed by atoms with Gasteiger partial charge in [0, 0.05) is 24.8 Å².